The van der Waals surface area contributed by atoms with Gasteiger partial charge in [-0.15, -0.1) is 0 Å². The zero-order valence-electron chi connectivity index (χ0n) is 16.6. The lowest BCUT2D eigenvalue weighted by atomic mass is 9.99. The van der Waals surface area contributed by atoms with Gasteiger partial charge in [-0.1, -0.05) is 0 Å². The minimum atomic E-state index is -3.71. The number of hydrogen-bond donors (Lipinski definition) is 1. The van der Waals surface area contributed by atoms with E-state index in [0.717, 1.165) is 6.42 Å². The molecule has 1 N–H and O–H groups in total. The molecule has 2 aromatic rings. The number of nitrogens with one attached hydrogen (secondary N) is 1. The van der Waals surface area contributed by atoms with Crippen molar-refractivity contribution < 1.29 is 22.4 Å². The average Bonchev–Trinajstić information content (AvgIpc) is 3.44. The molecule has 0 bridgehead atoms. The summed E-state index contributed by atoms with van der Waals surface area (Å²) >= 11 is 0. The Kier molecular flexibility index (Phi) is 5.92. The van der Waals surface area contributed by atoms with Crippen LogP contribution in [0.2, 0.25) is 0 Å². The van der Waals surface area contributed by atoms with Crippen LogP contribution in [0.25, 0.3) is 0 Å². The highest BCUT2D eigenvalue weighted by Gasteiger charge is 2.33. The number of rotatable bonds is 6. The van der Waals surface area contributed by atoms with E-state index >= 15 is 0 Å². The highest BCUT2D eigenvalue weighted by atomic mass is 32.2. The summed E-state index contributed by atoms with van der Waals surface area (Å²) in [5, 5.41) is 2.82. The van der Waals surface area contributed by atoms with Crippen LogP contribution in [0.4, 0.5) is 5.69 Å². The summed E-state index contributed by atoms with van der Waals surface area (Å²) in [7, 11) is -3.71. The minimum Gasteiger partial charge on any atom is -0.467 e. The van der Waals surface area contributed by atoms with Gasteiger partial charge in [0.1, 0.15) is 5.76 Å². The quantitative estimate of drug-likeness (QED) is 0.755. The van der Waals surface area contributed by atoms with E-state index in [1.54, 1.807) is 35.4 Å². The zero-order valence-corrected chi connectivity index (χ0v) is 17.4. The normalized spacial score (nSPS) is 20.5. The van der Waals surface area contributed by atoms with Crippen molar-refractivity contribution in [1.82, 2.24) is 9.62 Å². The van der Waals surface area contributed by atoms with Crippen molar-refractivity contribution in [2.45, 2.75) is 37.1 Å². The second-order valence-electron chi connectivity index (χ2n) is 7.64. The Balaban J connectivity index is 1.41. The summed E-state index contributed by atoms with van der Waals surface area (Å²) in [5.41, 5.74) is 0.713. The molecule has 0 aliphatic carbocycles. The first-order valence-electron chi connectivity index (χ1n) is 10.2. The Bertz CT molecular complexity index is 1000. The molecule has 3 heterocycles. The third-order valence-electron chi connectivity index (χ3n) is 5.63. The number of carbonyl (C=O) groups is 2. The van der Waals surface area contributed by atoms with Crippen molar-refractivity contribution >= 4 is 27.5 Å². The molecule has 1 atom stereocenters. The molecule has 1 aromatic heterocycles. The minimum absolute atomic E-state index is 0.0602. The number of hydrogen-bond acceptors (Lipinski definition) is 5. The lowest BCUT2D eigenvalue weighted by molar-refractivity contribution is -0.126. The van der Waals surface area contributed by atoms with Gasteiger partial charge in [0.25, 0.3) is 0 Å². The van der Waals surface area contributed by atoms with Crippen LogP contribution in [-0.2, 0) is 26.2 Å². The van der Waals surface area contributed by atoms with E-state index in [-0.39, 0.29) is 29.8 Å². The number of amides is 2. The molecule has 1 unspecified atom stereocenters. The van der Waals surface area contributed by atoms with Gasteiger partial charge in [-0.25, -0.2) is 8.42 Å². The maximum absolute atomic E-state index is 13.1. The molecular weight excluding hydrogens is 406 g/mol. The topological polar surface area (TPSA) is 99.9 Å². The first-order valence-corrected chi connectivity index (χ1v) is 11.6. The number of benzene rings is 1. The van der Waals surface area contributed by atoms with E-state index in [4.69, 9.17) is 4.42 Å². The lowest BCUT2D eigenvalue weighted by Crippen LogP contribution is -2.45. The van der Waals surface area contributed by atoms with E-state index in [1.807, 2.05) is 0 Å². The SMILES string of the molecule is O=C(NCc1ccco1)C1CCCN(S(=O)(=O)c2ccc(N3CCCC3=O)cc2)C1. The van der Waals surface area contributed by atoms with Crippen LogP contribution in [0.15, 0.2) is 52.0 Å². The molecule has 2 aliphatic heterocycles. The molecule has 30 heavy (non-hydrogen) atoms. The third-order valence-corrected chi connectivity index (χ3v) is 7.51. The van der Waals surface area contributed by atoms with Crippen molar-refractivity contribution in [2.75, 3.05) is 24.5 Å². The van der Waals surface area contributed by atoms with Crippen molar-refractivity contribution in [3.05, 3.63) is 48.4 Å². The molecule has 160 valence electrons. The van der Waals surface area contributed by atoms with Gasteiger partial charge in [0.05, 0.1) is 23.6 Å². The summed E-state index contributed by atoms with van der Waals surface area (Å²) in [5.74, 6) is 0.143. The second-order valence-corrected chi connectivity index (χ2v) is 9.58. The molecule has 8 nitrogen and oxygen atoms in total. The molecule has 9 heteroatoms. The maximum Gasteiger partial charge on any atom is 0.243 e. The van der Waals surface area contributed by atoms with E-state index in [1.165, 1.54) is 16.4 Å². The molecule has 2 aliphatic rings. The van der Waals surface area contributed by atoms with Gasteiger partial charge in [-0.2, -0.15) is 4.31 Å². The van der Waals surface area contributed by atoms with E-state index in [9.17, 15) is 18.0 Å². The summed E-state index contributed by atoms with van der Waals surface area (Å²) < 4.78 is 32.8. The van der Waals surface area contributed by atoms with Gasteiger partial charge >= 0.3 is 0 Å². The molecule has 0 saturated carbocycles. The van der Waals surface area contributed by atoms with E-state index in [2.05, 4.69) is 5.32 Å². The van der Waals surface area contributed by atoms with E-state index < -0.39 is 15.9 Å². The highest BCUT2D eigenvalue weighted by molar-refractivity contribution is 7.89. The average molecular weight is 432 g/mol. The Morgan fingerprint density at radius 1 is 1.13 bits per heavy atom. The van der Waals surface area contributed by atoms with Crippen LogP contribution in [-0.4, -0.2) is 44.2 Å². The number of nitrogens with zero attached hydrogens (tertiary/aromatic N) is 2. The second kappa shape index (κ2) is 8.61. The maximum atomic E-state index is 13.1. The number of anilines is 1. The highest BCUT2D eigenvalue weighted by Crippen LogP contribution is 2.27. The van der Waals surface area contributed by atoms with Crippen molar-refractivity contribution in [2.24, 2.45) is 5.92 Å². The predicted molar refractivity (Wildman–Crippen MR) is 110 cm³/mol. The number of carbonyl (C=O) groups excluding carboxylic acids is 2. The largest absolute Gasteiger partial charge is 0.467 e. The van der Waals surface area contributed by atoms with Crippen molar-refractivity contribution in [3.63, 3.8) is 0 Å². The molecule has 2 saturated heterocycles. The molecular formula is C21H25N3O5S. The van der Waals surface area contributed by atoms with Crippen LogP contribution in [0.5, 0.6) is 0 Å². The Morgan fingerprint density at radius 2 is 1.93 bits per heavy atom. The monoisotopic (exact) mass is 431 g/mol. The molecule has 1 aromatic carbocycles. The van der Waals surface area contributed by atoms with Crippen molar-refractivity contribution in [1.29, 1.82) is 0 Å². The summed E-state index contributed by atoms with van der Waals surface area (Å²) in [4.78, 5) is 26.3. The van der Waals surface area contributed by atoms with Crippen LogP contribution >= 0.6 is 0 Å². The molecule has 0 spiro atoms. The first-order chi connectivity index (χ1) is 14.4. The van der Waals surface area contributed by atoms with Gasteiger partial charge in [-0.3, -0.25) is 9.59 Å². The molecule has 4 rings (SSSR count). The smallest absolute Gasteiger partial charge is 0.243 e. The standard InChI is InChI=1S/C21H25N3O5S/c25-20-6-2-12-24(20)17-7-9-19(10-8-17)30(27,28)23-11-1-4-16(15-23)21(26)22-14-18-5-3-13-29-18/h3,5,7-10,13,16H,1-2,4,6,11-12,14-15H2,(H,22,26). The molecule has 0 radical (unpaired) electrons. The summed E-state index contributed by atoms with van der Waals surface area (Å²) in [6.07, 6.45) is 4.15. The first kappa shape index (κ1) is 20.6. The van der Waals surface area contributed by atoms with E-state index in [0.29, 0.717) is 43.8 Å². The summed E-state index contributed by atoms with van der Waals surface area (Å²) in [6.45, 7) is 1.48. The fraction of sp³-hybridized carbons (Fsp3) is 0.429. The fourth-order valence-electron chi connectivity index (χ4n) is 3.97. The van der Waals surface area contributed by atoms with Crippen LogP contribution in [0.3, 0.4) is 0 Å². The Labute approximate surface area is 175 Å². The van der Waals surface area contributed by atoms with Crippen molar-refractivity contribution in [3.8, 4) is 0 Å². The van der Waals surface area contributed by atoms with Crippen LogP contribution in [0, 0.1) is 5.92 Å². The van der Waals surface area contributed by atoms with Crippen LogP contribution < -0.4 is 10.2 Å². The fourth-order valence-corrected chi connectivity index (χ4v) is 5.50. The zero-order chi connectivity index (χ0) is 21.1. The number of sulfonamides is 1. The molecule has 2 amide bonds. The Hall–Kier alpha value is -2.65. The van der Waals surface area contributed by atoms with Crippen LogP contribution in [0.1, 0.15) is 31.4 Å². The van der Waals surface area contributed by atoms with Gasteiger partial charge < -0.3 is 14.6 Å². The predicted octanol–water partition coefficient (Wildman–Crippen LogP) is 2.12. The van der Waals surface area contributed by atoms with Gasteiger partial charge in [0.15, 0.2) is 0 Å². The van der Waals surface area contributed by atoms with Gasteiger partial charge in [0, 0.05) is 31.7 Å². The number of piperidine rings is 1. The molecule has 2 fully saturated rings. The number of furan rings is 1. The summed E-state index contributed by atoms with van der Waals surface area (Å²) in [6, 6.07) is 9.95. The lowest BCUT2D eigenvalue weighted by Gasteiger charge is -2.31. The van der Waals surface area contributed by atoms with Gasteiger partial charge in [0.2, 0.25) is 21.8 Å². The third kappa shape index (κ3) is 4.27. The van der Waals surface area contributed by atoms with Gasteiger partial charge in [-0.05, 0) is 55.7 Å². The Morgan fingerprint density at radius 3 is 2.60 bits per heavy atom.